The highest BCUT2D eigenvalue weighted by atomic mass is 16.5. The Bertz CT molecular complexity index is 101. The molecule has 3 N–H and O–H groups in total. The number of nitrogens with two attached hydrogens (primary N) is 1. The van der Waals surface area contributed by atoms with Crippen molar-refractivity contribution in [3.05, 3.63) is 0 Å². The average molecular weight is 189 g/mol. The molecule has 0 unspecified atom stereocenters. The van der Waals surface area contributed by atoms with E-state index in [4.69, 9.17) is 10.5 Å². The van der Waals surface area contributed by atoms with Gasteiger partial charge in [0.1, 0.15) is 0 Å². The molecule has 0 amide bonds. The molecule has 0 aromatic heterocycles. The summed E-state index contributed by atoms with van der Waals surface area (Å²) in [6, 6.07) is 0. The predicted molar refractivity (Wildman–Crippen MR) is 55.9 cm³/mol. The summed E-state index contributed by atoms with van der Waals surface area (Å²) in [4.78, 5) is 2.25. The molecule has 0 aromatic rings. The number of rotatable bonds is 9. The largest absolute Gasteiger partial charge is 0.383 e. The molecule has 0 heterocycles. The third kappa shape index (κ3) is 9.76. The van der Waals surface area contributed by atoms with Gasteiger partial charge in [-0.05, 0) is 26.6 Å². The molecule has 0 aromatic carbocycles. The van der Waals surface area contributed by atoms with Gasteiger partial charge in [0.2, 0.25) is 0 Å². The molecular formula is C9H23N3O. The van der Waals surface area contributed by atoms with Crippen LogP contribution in [-0.2, 0) is 4.74 Å². The number of nitrogens with zero attached hydrogens (tertiary/aromatic N) is 1. The van der Waals surface area contributed by atoms with E-state index < -0.39 is 0 Å². The molecule has 4 nitrogen and oxygen atoms in total. The Balaban J connectivity index is 3.03. The van der Waals surface area contributed by atoms with Crippen LogP contribution >= 0.6 is 0 Å². The lowest BCUT2D eigenvalue weighted by atomic mass is 10.4. The first-order valence-corrected chi connectivity index (χ1v) is 4.89. The van der Waals surface area contributed by atoms with E-state index in [2.05, 4.69) is 17.3 Å². The van der Waals surface area contributed by atoms with Crippen molar-refractivity contribution in [2.45, 2.75) is 6.42 Å². The number of methoxy groups -OCH3 is 1. The number of ether oxygens (including phenoxy) is 1. The molecule has 0 saturated heterocycles. The lowest BCUT2D eigenvalue weighted by Crippen LogP contribution is -2.32. The minimum atomic E-state index is 0.770. The highest BCUT2D eigenvalue weighted by Gasteiger charge is 1.95. The van der Waals surface area contributed by atoms with Crippen LogP contribution in [-0.4, -0.2) is 58.4 Å². The van der Waals surface area contributed by atoms with Crippen molar-refractivity contribution in [2.75, 3.05) is 53.5 Å². The van der Waals surface area contributed by atoms with Gasteiger partial charge in [0.25, 0.3) is 0 Å². The summed E-state index contributed by atoms with van der Waals surface area (Å²) < 4.78 is 4.98. The van der Waals surface area contributed by atoms with E-state index in [1.54, 1.807) is 7.11 Å². The normalized spacial score (nSPS) is 11.1. The molecular weight excluding hydrogens is 166 g/mol. The van der Waals surface area contributed by atoms with Crippen molar-refractivity contribution >= 4 is 0 Å². The minimum Gasteiger partial charge on any atom is -0.383 e. The topological polar surface area (TPSA) is 50.5 Å². The number of hydrogen-bond acceptors (Lipinski definition) is 4. The maximum Gasteiger partial charge on any atom is 0.0589 e. The SMILES string of the molecule is COCCN(C)CCNCCCN. The third-order valence-corrected chi connectivity index (χ3v) is 1.91. The Hall–Kier alpha value is -0.160. The van der Waals surface area contributed by atoms with Gasteiger partial charge in [-0.2, -0.15) is 0 Å². The summed E-state index contributed by atoms with van der Waals surface area (Å²) in [5.74, 6) is 0. The van der Waals surface area contributed by atoms with Gasteiger partial charge < -0.3 is 20.7 Å². The lowest BCUT2D eigenvalue weighted by molar-refractivity contribution is 0.161. The van der Waals surface area contributed by atoms with E-state index in [1.807, 2.05) is 0 Å². The highest BCUT2D eigenvalue weighted by molar-refractivity contribution is 4.54. The number of hydrogen-bond donors (Lipinski definition) is 2. The maximum atomic E-state index is 5.37. The summed E-state index contributed by atoms with van der Waals surface area (Å²) in [5.41, 5.74) is 5.37. The minimum absolute atomic E-state index is 0.770. The van der Waals surface area contributed by atoms with E-state index >= 15 is 0 Å². The van der Waals surface area contributed by atoms with Gasteiger partial charge >= 0.3 is 0 Å². The zero-order chi connectivity index (χ0) is 9.94. The van der Waals surface area contributed by atoms with Gasteiger partial charge in [0.15, 0.2) is 0 Å². The smallest absolute Gasteiger partial charge is 0.0589 e. The van der Waals surface area contributed by atoms with Crippen LogP contribution in [0.4, 0.5) is 0 Å². The molecule has 0 rings (SSSR count). The monoisotopic (exact) mass is 189 g/mol. The number of likely N-dealkylation sites (N-methyl/N-ethyl adjacent to an activating group) is 1. The van der Waals surface area contributed by atoms with Crippen molar-refractivity contribution in [1.29, 1.82) is 0 Å². The van der Waals surface area contributed by atoms with Crippen LogP contribution in [0.2, 0.25) is 0 Å². The average Bonchev–Trinajstić information content (AvgIpc) is 2.14. The molecule has 0 aliphatic rings. The fourth-order valence-corrected chi connectivity index (χ4v) is 0.981. The van der Waals surface area contributed by atoms with Crippen molar-refractivity contribution in [2.24, 2.45) is 5.73 Å². The summed E-state index contributed by atoms with van der Waals surface area (Å²) in [6.45, 7) is 5.68. The van der Waals surface area contributed by atoms with Gasteiger partial charge in [0, 0.05) is 26.7 Å². The van der Waals surface area contributed by atoms with Crippen molar-refractivity contribution < 1.29 is 4.74 Å². The molecule has 0 bridgehead atoms. The fourth-order valence-electron chi connectivity index (χ4n) is 0.981. The summed E-state index contributed by atoms with van der Waals surface area (Å²) in [6.07, 6.45) is 1.06. The Morgan fingerprint density at radius 2 is 2.08 bits per heavy atom. The van der Waals surface area contributed by atoms with Gasteiger partial charge in [-0.3, -0.25) is 0 Å². The Morgan fingerprint density at radius 3 is 2.69 bits per heavy atom. The van der Waals surface area contributed by atoms with Gasteiger partial charge in [-0.1, -0.05) is 0 Å². The molecule has 80 valence electrons. The zero-order valence-electron chi connectivity index (χ0n) is 8.88. The highest BCUT2D eigenvalue weighted by Crippen LogP contribution is 1.80. The van der Waals surface area contributed by atoms with Crippen molar-refractivity contribution in [3.8, 4) is 0 Å². The molecule has 0 atom stereocenters. The molecule has 4 heteroatoms. The molecule has 0 saturated carbocycles. The van der Waals surface area contributed by atoms with Crippen LogP contribution in [0, 0.1) is 0 Å². The van der Waals surface area contributed by atoms with Gasteiger partial charge in [0.05, 0.1) is 6.61 Å². The van der Waals surface area contributed by atoms with Crippen LogP contribution in [0.1, 0.15) is 6.42 Å². The predicted octanol–water partition coefficient (Wildman–Crippen LogP) is -0.497. The van der Waals surface area contributed by atoms with Crippen LogP contribution in [0.5, 0.6) is 0 Å². The Labute approximate surface area is 81.4 Å². The molecule has 0 spiro atoms. The second kappa shape index (κ2) is 9.92. The zero-order valence-corrected chi connectivity index (χ0v) is 8.88. The maximum absolute atomic E-state index is 5.37. The van der Waals surface area contributed by atoms with Gasteiger partial charge in [-0.25, -0.2) is 0 Å². The van der Waals surface area contributed by atoms with Crippen LogP contribution in [0.15, 0.2) is 0 Å². The summed E-state index contributed by atoms with van der Waals surface area (Å²) in [7, 11) is 3.83. The lowest BCUT2D eigenvalue weighted by Gasteiger charge is -2.15. The van der Waals surface area contributed by atoms with Crippen molar-refractivity contribution in [3.63, 3.8) is 0 Å². The molecule has 0 aliphatic heterocycles. The fraction of sp³-hybridized carbons (Fsp3) is 1.00. The molecule has 0 radical (unpaired) electrons. The quantitative estimate of drug-likeness (QED) is 0.480. The van der Waals surface area contributed by atoms with Crippen LogP contribution in [0.25, 0.3) is 0 Å². The Morgan fingerprint density at radius 1 is 1.31 bits per heavy atom. The Kier molecular flexibility index (Phi) is 9.80. The third-order valence-electron chi connectivity index (χ3n) is 1.91. The molecule has 13 heavy (non-hydrogen) atoms. The summed E-state index contributed by atoms with van der Waals surface area (Å²) in [5, 5.41) is 3.33. The first kappa shape index (κ1) is 12.8. The van der Waals surface area contributed by atoms with E-state index in [0.29, 0.717) is 0 Å². The first-order valence-electron chi connectivity index (χ1n) is 4.89. The van der Waals surface area contributed by atoms with Gasteiger partial charge in [-0.15, -0.1) is 0 Å². The van der Waals surface area contributed by atoms with E-state index in [1.165, 1.54) is 0 Å². The van der Waals surface area contributed by atoms with E-state index in [9.17, 15) is 0 Å². The summed E-state index contributed by atoms with van der Waals surface area (Å²) >= 11 is 0. The molecule has 0 fully saturated rings. The first-order chi connectivity index (χ1) is 6.31. The van der Waals surface area contributed by atoms with Crippen LogP contribution in [0.3, 0.4) is 0 Å². The molecule has 0 aliphatic carbocycles. The van der Waals surface area contributed by atoms with E-state index in [-0.39, 0.29) is 0 Å². The van der Waals surface area contributed by atoms with Crippen molar-refractivity contribution in [1.82, 2.24) is 10.2 Å². The standard InChI is InChI=1S/C9H23N3O/c1-12(8-9-13-2)7-6-11-5-3-4-10/h11H,3-10H2,1-2H3. The number of nitrogens with one attached hydrogen (secondary N) is 1. The second-order valence-electron chi connectivity index (χ2n) is 3.19. The van der Waals surface area contributed by atoms with E-state index in [0.717, 1.165) is 45.8 Å². The second-order valence-corrected chi connectivity index (χ2v) is 3.19. The van der Waals surface area contributed by atoms with Crippen LogP contribution < -0.4 is 11.1 Å².